The molecular formula is C11H21NO3. The van der Waals surface area contributed by atoms with Gasteiger partial charge in [0, 0.05) is 6.54 Å². The van der Waals surface area contributed by atoms with E-state index in [1.54, 1.807) is 6.92 Å². The molecule has 0 spiro atoms. The number of nitrogens with zero attached hydrogens (tertiary/aromatic N) is 1. The van der Waals surface area contributed by atoms with Gasteiger partial charge in [-0.15, -0.1) is 0 Å². The first-order chi connectivity index (χ1) is 7.00. The fraction of sp³-hybridized carbons (Fsp3) is 0.909. The molecule has 2 N–H and O–H groups in total. The van der Waals surface area contributed by atoms with Crippen LogP contribution in [-0.4, -0.2) is 46.8 Å². The summed E-state index contributed by atoms with van der Waals surface area (Å²) in [5.41, 5.74) is 0. The van der Waals surface area contributed by atoms with Gasteiger partial charge < -0.3 is 15.1 Å². The molecule has 0 amide bonds. The van der Waals surface area contributed by atoms with Crippen molar-refractivity contribution >= 4 is 5.97 Å². The zero-order valence-corrected chi connectivity index (χ0v) is 9.52. The molecule has 1 aliphatic heterocycles. The average molecular weight is 215 g/mol. The highest BCUT2D eigenvalue weighted by Gasteiger charge is 2.24. The van der Waals surface area contributed by atoms with E-state index in [9.17, 15) is 9.90 Å². The molecular weight excluding hydrogens is 194 g/mol. The summed E-state index contributed by atoms with van der Waals surface area (Å²) in [7, 11) is 0. The second-order valence-electron chi connectivity index (χ2n) is 4.62. The summed E-state index contributed by atoms with van der Waals surface area (Å²) in [6.07, 6.45) is 1.72. The van der Waals surface area contributed by atoms with Crippen molar-refractivity contribution in [3.63, 3.8) is 0 Å². The summed E-state index contributed by atoms with van der Waals surface area (Å²) < 4.78 is 0. The largest absolute Gasteiger partial charge is 0.481 e. The molecule has 1 aliphatic rings. The molecule has 2 atom stereocenters. The predicted octanol–water partition coefficient (Wildman–Crippen LogP) is 0.800. The van der Waals surface area contributed by atoms with Crippen molar-refractivity contribution < 1.29 is 15.0 Å². The molecule has 1 heterocycles. The lowest BCUT2D eigenvalue weighted by Gasteiger charge is -2.33. The molecule has 4 nitrogen and oxygen atoms in total. The molecule has 2 unspecified atom stereocenters. The van der Waals surface area contributed by atoms with Crippen LogP contribution in [0.4, 0.5) is 0 Å². The lowest BCUT2D eigenvalue weighted by Crippen LogP contribution is -2.40. The number of hydrogen-bond donors (Lipinski definition) is 2. The van der Waals surface area contributed by atoms with Crippen LogP contribution in [-0.2, 0) is 4.79 Å². The van der Waals surface area contributed by atoms with E-state index >= 15 is 0 Å². The lowest BCUT2D eigenvalue weighted by molar-refractivity contribution is -0.141. The van der Waals surface area contributed by atoms with E-state index in [4.69, 9.17) is 5.11 Å². The van der Waals surface area contributed by atoms with E-state index in [1.165, 1.54) is 0 Å². The maximum absolute atomic E-state index is 10.7. The third-order valence-corrected chi connectivity index (χ3v) is 3.27. The first kappa shape index (κ1) is 12.5. The standard InChI is InChI=1S/C11H21NO3/c1-8(11(14)15)7-12-5-3-10(4-6-12)9(2)13/h8-10,13H,3-7H2,1-2H3,(H,14,15). The number of piperidine rings is 1. The molecule has 4 heteroatoms. The fourth-order valence-corrected chi connectivity index (χ4v) is 2.08. The molecule has 0 radical (unpaired) electrons. The maximum Gasteiger partial charge on any atom is 0.307 e. The summed E-state index contributed by atoms with van der Waals surface area (Å²) in [6, 6.07) is 0. The quantitative estimate of drug-likeness (QED) is 0.728. The van der Waals surface area contributed by atoms with Gasteiger partial charge in [-0.25, -0.2) is 0 Å². The van der Waals surface area contributed by atoms with Crippen LogP contribution in [0.1, 0.15) is 26.7 Å². The zero-order valence-electron chi connectivity index (χ0n) is 9.52. The van der Waals surface area contributed by atoms with Crippen molar-refractivity contribution in [1.29, 1.82) is 0 Å². The van der Waals surface area contributed by atoms with Crippen molar-refractivity contribution in [2.75, 3.05) is 19.6 Å². The van der Waals surface area contributed by atoms with Crippen LogP contribution in [0, 0.1) is 11.8 Å². The minimum Gasteiger partial charge on any atom is -0.481 e. The van der Waals surface area contributed by atoms with Crippen molar-refractivity contribution in [2.45, 2.75) is 32.8 Å². The Labute approximate surface area is 90.9 Å². The third-order valence-electron chi connectivity index (χ3n) is 3.27. The van der Waals surface area contributed by atoms with Gasteiger partial charge in [0.25, 0.3) is 0 Å². The van der Waals surface area contributed by atoms with E-state index in [0.29, 0.717) is 12.5 Å². The average Bonchev–Trinajstić information content (AvgIpc) is 2.18. The Morgan fingerprint density at radius 1 is 1.40 bits per heavy atom. The number of carboxylic acids is 1. The molecule has 1 saturated heterocycles. The normalized spacial score (nSPS) is 23.7. The molecule has 15 heavy (non-hydrogen) atoms. The zero-order chi connectivity index (χ0) is 11.4. The Kier molecular flexibility index (Phi) is 4.54. The number of carbonyl (C=O) groups is 1. The van der Waals surface area contributed by atoms with Gasteiger partial charge in [0.2, 0.25) is 0 Å². The van der Waals surface area contributed by atoms with Crippen LogP contribution in [0.25, 0.3) is 0 Å². The molecule has 1 fully saturated rings. The van der Waals surface area contributed by atoms with Crippen molar-refractivity contribution in [3.8, 4) is 0 Å². The first-order valence-electron chi connectivity index (χ1n) is 5.64. The highest BCUT2D eigenvalue weighted by molar-refractivity contribution is 5.69. The number of rotatable bonds is 4. The van der Waals surface area contributed by atoms with Gasteiger partial charge in [-0.05, 0) is 38.8 Å². The Bertz CT molecular complexity index is 210. The number of aliphatic hydroxyl groups excluding tert-OH is 1. The summed E-state index contributed by atoms with van der Waals surface area (Å²) in [4.78, 5) is 12.9. The molecule has 1 rings (SSSR count). The van der Waals surface area contributed by atoms with Crippen LogP contribution >= 0.6 is 0 Å². The maximum atomic E-state index is 10.7. The predicted molar refractivity (Wildman–Crippen MR) is 57.6 cm³/mol. The highest BCUT2D eigenvalue weighted by Crippen LogP contribution is 2.20. The summed E-state index contributed by atoms with van der Waals surface area (Å²) in [6.45, 7) is 6.02. The molecule has 0 aromatic heterocycles. The summed E-state index contributed by atoms with van der Waals surface area (Å²) >= 11 is 0. The van der Waals surface area contributed by atoms with Crippen LogP contribution in [0.15, 0.2) is 0 Å². The van der Waals surface area contributed by atoms with Gasteiger partial charge in [0.05, 0.1) is 12.0 Å². The summed E-state index contributed by atoms with van der Waals surface area (Å²) in [5.74, 6) is -0.637. The second-order valence-corrected chi connectivity index (χ2v) is 4.62. The Morgan fingerprint density at radius 3 is 2.33 bits per heavy atom. The molecule has 88 valence electrons. The number of likely N-dealkylation sites (tertiary alicyclic amines) is 1. The summed E-state index contributed by atoms with van der Waals surface area (Å²) in [5, 5.41) is 18.2. The molecule has 0 aromatic rings. The van der Waals surface area contributed by atoms with Crippen LogP contribution < -0.4 is 0 Å². The Balaban J connectivity index is 2.28. The molecule has 0 aliphatic carbocycles. The van der Waals surface area contributed by atoms with Crippen molar-refractivity contribution in [2.24, 2.45) is 11.8 Å². The van der Waals surface area contributed by atoms with Gasteiger partial charge >= 0.3 is 5.97 Å². The van der Waals surface area contributed by atoms with E-state index < -0.39 is 5.97 Å². The Morgan fingerprint density at radius 2 is 1.93 bits per heavy atom. The van der Waals surface area contributed by atoms with Crippen LogP contribution in [0.2, 0.25) is 0 Å². The topological polar surface area (TPSA) is 60.8 Å². The number of aliphatic carboxylic acids is 1. The molecule has 0 saturated carbocycles. The van der Waals surface area contributed by atoms with E-state index in [1.807, 2.05) is 6.92 Å². The van der Waals surface area contributed by atoms with Gasteiger partial charge in [0.1, 0.15) is 0 Å². The number of carboxylic acid groups (broad SMARTS) is 1. The lowest BCUT2D eigenvalue weighted by atomic mass is 9.92. The van der Waals surface area contributed by atoms with E-state index in [0.717, 1.165) is 25.9 Å². The van der Waals surface area contributed by atoms with Gasteiger partial charge in [0.15, 0.2) is 0 Å². The number of aliphatic hydroxyl groups is 1. The minimum atomic E-state index is -0.729. The number of hydrogen-bond acceptors (Lipinski definition) is 3. The fourth-order valence-electron chi connectivity index (χ4n) is 2.08. The first-order valence-corrected chi connectivity index (χ1v) is 5.64. The van der Waals surface area contributed by atoms with Crippen molar-refractivity contribution in [1.82, 2.24) is 4.90 Å². The van der Waals surface area contributed by atoms with Gasteiger partial charge in [-0.3, -0.25) is 4.79 Å². The van der Waals surface area contributed by atoms with Crippen molar-refractivity contribution in [3.05, 3.63) is 0 Å². The van der Waals surface area contributed by atoms with E-state index in [2.05, 4.69) is 4.90 Å². The Hall–Kier alpha value is -0.610. The second kappa shape index (κ2) is 5.47. The highest BCUT2D eigenvalue weighted by atomic mass is 16.4. The SMILES string of the molecule is CC(CN1CCC(C(C)O)CC1)C(=O)O. The third kappa shape index (κ3) is 3.80. The van der Waals surface area contributed by atoms with Gasteiger partial charge in [-0.2, -0.15) is 0 Å². The molecule has 0 aromatic carbocycles. The van der Waals surface area contributed by atoms with Crippen LogP contribution in [0.3, 0.4) is 0 Å². The monoisotopic (exact) mass is 215 g/mol. The smallest absolute Gasteiger partial charge is 0.307 e. The van der Waals surface area contributed by atoms with Crippen LogP contribution in [0.5, 0.6) is 0 Å². The van der Waals surface area contributed by atoms with E-state index in [-0.39, 0.29) is 12.0 Å². The minimum absolute atomic E-state index is 0.232. The van der Waals surface area contributed by atoms with Gasteiger partial charge in [-0.1, -0.05) is 6.92 Å². The molecule has 0 bridgehead atoms.